The van der Waals surface area contributed by atoms with Gasteiger partial charge in [-0.2, -0.15) is 0 Å². The molecule has 0 saturated carbocycles. The molecule has 3 N–H and O–H groups in total. The van der Waals surface area contributed by atoms with Gasteiger partial charge >= 0.3 is 0 Å². The molecular formula is C11H15NO2. The van der Waals surface area contributed by atoms with Gasteiger partial charge in [-0.1, -0.05) is 18.2 Å². The van der Waals surface area contributed by atoms with Crippen molar-refractivity contribution in [2.75, 3.05) is 0 Å². The first-order chi connectivity index (χ1) is 6.52. The van der Waals surface area contributed by atoms with Crippen LogP contribution in [-0.4, -0.2) is 12.0 Å². The molecule has 0 saturated heterocycles. The highest BCUT2D eigenvalue weighted by Gasteiger charge is 2.11. The van der Waals surface area contributed by atoms with Gasteiger partial charge in [0, 0.05) is 6.42 Å². The van der Waals surface area contributed by atoms with Gasteiger partial charge in [-0.05, 0) is 30.5 Å². The molecule has 0 unspecified atom stereocenters. The minimum atomic E-state index is -1.09. The predicted octanol–water partition coefficient (Wildman–Crippen LogP) is -0.794. The average molecular weight is 193 g/mol. The summed E-state index contributed by atoms with van der Waals surface area (Å²) in [6.45, 7) is 3.95. The molecule has 0 radical (unpaired) electrons. The third kappa shape index (κ3) is 2.33. The number of aryl methyl sites for hydroxylation is 2. The number of carboxylic acids is 1. The van der Waals surface area contributed by atoms with E-state index in [1.165, 1.54) is 0 Å². The van der Waals surface area contributed by atoms with Crippen LogP contribution >= 0.6 is 0 Å². The maximum Gasteiger partial charge on any atom is 0.129 e. The van der Waals surface area contributed by atoms with Crippen molar-refractivity contribution in [3.63, 3.8) is 0 Å². The fourth-order valence-electron chi connectivity index (χ4n) is 1.50. The van der Waals surface area contributed by atoms with Gasteiger partial charge in [0.15, 0.2) is 0 Å². The van der Waals surface area contributed by atoms with Crippen LogP contribution in [0.1, 0.15) is 16.7 Å². The van der Waals surface area contributed by atoms with Crippen molar-refractivity contribution in [3.05, 3.63) is 34.9 Å². The van der Waals surface area contributed by atoms with Crippen LogP contribution in [0.3, 0.4) is 0 Å². The number of carbonyl (C=O) groups is 1. The van der Waals surface area contributed by atoms with E-state index in [1.54, 1.807) is 0 Å². The molecule has 0 aliphatic heterocycles. The molecule has 1 rings (SSSR count). The highest BCUT2D eigenvalue weighted by molar-refractivity contribution is 5.69. The molecule has 0 bridgehead atoms. The van der Waals surface area contributed by atoms with Crippen molar-refractivity contribution < 1.29 is 15.6 Å². The van der Waals surface area contributed by atoms with E-state index in [1.807, 2.05) is 32.0 Å². The normalized spacial score (nSPS) is 12.5. The number of quaternary nitrogens is 1. The predicted molar refractivity (Wildman–Crippen MR) is 51.3 cm³/mol. The minimum absolute atomic E-state index is 0.445. The number of rotatable bonds is 3. The molecule has 0 aliphatic carbocycles. The summed E-state index contributed by atoms with van der Waals surface area (Å²) in [6.07, 6.45) is 0.445. The summed E-state index contributed by atoms with van der Waals surface area (Å²) in [6, 6.07) is 5.25. The Labute approximate surface area is 83.6 Å². The number of hydrogen-bond acceptors (Lipinski definition) is 2. The van der Waals surface area contributed by atoms with Gasteiger partial charge < -0.3 is 15.6 Å². The monoisotopic (exact) mass is 193 g/mol. The fourth-order valence-corrected chi connectivity index (χ4v) is 1.50. The van der Waals surface area contributed by atoms with Crippen molar-refractivity contribution in [3.8, 4) is 0 Å². The lowest BCUT2D eigenvalue weighted by molar-refractivity contribution is -0.437. The Morgan fingerprint density at radius 1 is 1.43 bits per heavy atom. The maximum atomic E-state index is 10.6. The van der Waals surface area contributed by atoms with Crippen LogP contribution in [0, 0.1) is 13.8 Å². The second-order valence-electron chi connectivity index (χ2n) is 3.59. The Bertz CT molecular complexity index is 327. The second kappa shape index (κ2) is 4.24. The zero-order chi connectivity index (χ0) is 10.7. The number of aliphatic carboxylic acids is 1. The van der Waals surface area contributed by atoms with Gasteiger partial charge in [-0.3, -0.25) is 0 Å². The molecule has 0 heterocycles. The van der Waals surface area contributed by atoms with Crippen LogP contribution in [-0.2, 0) is 11.2 Å². The lowest BCUT2D eigenvalue weighted by Gasteiger charge is -2.13. The molecule has 1 atom stereocenters. The average Bonchev–Trinajstić information content (AvgIpc) is 2.11. The minimum Gasteiger partial charge on any atom is -0.544 e. The molecule has 0 aromatic heterocycles. The number of hydrogen-bond donors (Lipinski definition) is 1. The highest BCUT2D eigenvalue weighted by atomic mass is 16.4. The van der Waals surface area contributed by atoms with Crippen LogP contribution in [0.2, 0.25) is 0 Å². The third-order valence-electron chi connectivity index (χ3n) is 2.43. The molecule has 0 amide bonds. The van der Waals surface area contributed by atoms with E-state index in [0.717, 1.165) is 16.7 Å². The van der Waals surface area contributed by atoms with Gasteiger partial charge in [-0.25, -0.2) is 0 Å². The maximum absolute atomic E-state index is 10.6. The Kier molecular flexibility index (Phi) is 3.25. The molecule has 1 aromatic carbocycles. The topological polar surface area (TPSA) is 67.8 Å². The quantitative estimate of drug-likeness (QED) is 0.683. The van der Waals surface area contributed by atoms with Crippen molar-refractivity contribution in [1.82, 2.24) is 0 Å². The van der Waals surface area contributed by atoms with Crippen molar-refractivity contribution in [2.45, 2.75) is 26.3 Å². The van der Waals surface area contributed by atoms with E-state index < -0.39 is 12.0 Å². The third-order valence-corrected chi connectivity index (χ3v) is 2.43. The summed E-state index contributed by atoms with van der Waals surface area (Å²) >= 11 is 0. The van der Waals surface area contributed by atoms with Gasteiger partial charge in [0.25, 0.3) is 0 Å². The van der Waals surface area contributed by atoms with Crippen LogP contribution in [0.25, 0.3) is 0 Å². The van der Waals surface area contributed by atoms with E-state index >= 15 is 0 Å². The molecule has 3 nitrogen and oxygen atoms in total. The van der Waals surface area contributed by atoms with Crippen LogP contribution < -0.4 is 10.8 Å². The summed E-state index contributed by atoms with van der Waals surface area (Å²) in [5, 5.41) is 10.6. The van der Waals surface area contributed by atoms with E-state index in [-0.39, 0.29) is 0 Å². The van der Waals surface area contributed by atoms with Gasteiger partial charge in [0.1, 0.15) is 6.04 Å². The zero-order valence-corrected chi connectivity index (χ0v) is 8.54. The van der Waals surface area contributed by atoms with Gasteiger partial charge in [0.2, 0.25) is 0 Å². The first-order valence-corrected chi connectivity index (χ1v) is 4.61. The summed E-state index contributed by atoms with van der Waals surface area (Å²) in [5.74, 6) is -1.09. The molecule has 0 fully saturated rings. The first-order valence-electron chi connectivity index (χ1n) is 4.61. The van der Waals surface area contributed by atoms with Crippen molar-refractivity contribution in [1.29, 1.82) is 0 Å². The molecule has 0 aliphatic rings. The largest absolute Gasteiger partial charge is 0.544 e. The Morgan fingerprint density at radius 3 is 2.36 bits per heavy atom. The standard InChI is InChI=1S/C11H15NO2/c1-7-4-3-5-8(2)9(7)6-10(12)11(13)14/h3-5,10H,6,12H2,1-2H3,(H,13,14)/t10-/m0/s1. The van der Waals surface area contributed by atoms with E-state index in [0.29, 0.717) is 6.42 Å². The lowest BCUT2D eigenvalue weighted by Crippen LogP contribution is -2.69. The Morgan fingerprint density at radius 2 is 1.93 bits per heavy atom. The van der Waals surface area contributed by atoms with Gasteiger partial charge in [0.05, 0.1) is 5.97 Å². The van der Waals surface area contributed by atoms with E-state index in [9.17, 15) is 9.90 Å². The van der Waals surface area contributed by atoms with E-state index in [2.05, 4.69) is 5.73 Å². The molecule has 3 heteroatoms. The van der Waals surface area contributed by atoms with Crippen LogP contribution in [0.5, 0.6) is 0 Å². The summed E-state index contributed by atoms with van der Waals surface area (Å²) < 4.78 is 0. The van der Waals surface area contributed by atoms with Crippen LogP contribution in [0.4, 0.5) is 0 Å². The number of carbonyl (C=O) groups excluding carboxylic acids is 1. The summed E-state index contributed by atoms with van der Waals surface area (Å²) in [7, 11) is 0. The van der Waals surface area contributed by atoms with Crippen molar-refractivity contribution in [2.24, 2.45) is 0 Å². The molecule has 1 aromatic rings. The Hall–Kier alpha value is -1.35. The summed E-state index contributed by atoms with van der Waals surface area (Å²) in [5.41, 5.74) is 6.84. The highest BCUT2D eigenvalue weighted by Crippen LogP contribution is 2.14. The molecule has 14 heavy (non-hydrogen) atoms. The SMILES string of the molecule is Cc1cccc(C)c1C[C@H]([NH3+])C(=O)[O-]. The van der Waals surface area contributed by atoms with Crippen LogP contribution in [0.15, 0.2) is 18.2 Å². The fraction of sp³-hybridized carbons (Fsp3) is 0.364. The zero-order valence-electron chi connectivity index (χ0n) is 8.54. The molecule has 76 valence electrons. The van der Waals surface area contributed by atoms with Crippen molar-refractivity contribution >= 4 is 5.97 Å². The summed E-state index contributed by atoms with van der Waals surface area (Å²) in [4.78, 5) is 10.6. The number of carboxylic acid groups (broad SMARTS) is 1. The molecule has 0 spiro atoms. The number of benzene rings is 1. The first kappa shape index (κ1) is 10.7. The lowest BCUT2D eigenvalue weighted by atomic mass is 9.97. The van der Waals surface area contributed by atoms with E-state index in [4.69, 9.17) is 0 Å². The van der Waals surface area contributed by atoms with Gasteiger partial charge in [-0.15, -0.1) is 0 Å². The Balaban J connectivity index is 2.91. The smallest absolute Gasteiger partial charge is 0.129 e. The second-order valence-corrected chi connectivity index (χ2v) is 3.59. The molecular weight excluding hydrogens is 178 g/mol.